The molecule has 1 N–H and O–H groups in total. The molecule has 0 aliphatic carbocycles. The molecule has 8 nitrogen and oxygen atoms in total. The smallest absolute Gasteiger partial charge is 0.331 e. The van der Waals surface area contributed by atoms with E-state index >= 15 is 0 Å². The number of ether oxygens (including phenoxy) is 3. The fraction of sp³-hybridized carbons (Fsp3) is 0.800. The SMILES string of the molecule is O=C(O)/C=C/C(=O)OC(CCCCCN1CCOCC1)CCN1CCOCC1. The average molecular weight is 399 g/mol. The molecule has 0 spiro atoms. The minimum atomic E-state index is -1.15. The molecule has 2 fully saturated rings. The third-order valence-electron chi connectivity index (χ3n) is 5.12. The van der Waals surface area contributed by atoms with Gasteiger partial charge in [-0.15, -0.1) is 0 Å². The molecule has 28 heavy (non-hydrogen) atoms. The summed E-state index contributed by atoms with van der Waals surface area (Å²) in [5.41, 5.74) is 0. The van der Waals surface area contributed by atoms with Crippen molar-refractivity contribution in [2.75, 3.05) is 65.7 Å². The number of carboxylic acid groups (broad SMARTS) is 1. The van der Waals surface area contributed by atoms with E-state index in [1.807, 2.05) is 0 Å². The maximum absolute atomic E-state index is 11.9. The standard InChI is InChI=1S/C20H34N2O6/c23-19(24)5-6-20(25)28-18(7-9-22-12-16-27-17-13-22)4-2-1-3-8-21-10-14-26-15-11-21/h5-6,18H,1-4,7-17H2,(H,23,24)/b6-5+. The minimum Gasteiger partial charge on any atom is -0.478 e. The van der Waals surface area contributed by atoms with Crippen molar-refractivity contribution in [2.24, 2.45) is 0 Å². The highest BCUT2D eigenvalue weighted by molar-refractivity contribution is 5.90. The molecule has 2 saturated heterocycles. The van der Waals surface area contributed by atoms with Crippen LogP contribution < -0.4 is 0 Å². The Balaban J connectivity index is 1.68. The van der Waals surface area contributed by atoms with Gasteiger partial charge in [0.05, 0.1) is 26.4 Å². The lowest BCUT2D eigenvalue weighted by atomic mass is 10.1. The molecule has 0 saturated carbocycles. The van der Waals surface area contributed by atoms with Crippen LogP contribution in [-0.4, -0.2) is 98.6 Å². The summed E-state index contributed by atoms with van der Waals surface area (Å²) in [6.45, 7) is 8.90. The summed E-state index contributed by atoms with van der Waals surface area (Å²) in [5.74, 6) is -1.73. The first-order valence-electron chi connectivity index (χ1n) is 10.4. The van der Waals surface area contributed by atoms with E-state index in [0.29, 0.717) is 0 Å². The molecule has 0 amide bonds. The monoisotopic (exact) mass is 398 g/mol. The minimum absolute atomic E-state index is 0.183. The average Bonchev–Trinajstić information content (AvgIpc) is 2.71. The molecule has 1 atom stereocenters. The first-order valence-corrected chi connectivity index (χ1v) is 10.4. The van der Waals surface area contributed by atoms with Gasteiger partial charge in [-0.05, 0) is 32.2 Å². The lowest BCUT2D eigenvalue weighted by Crippen LogP contribution is -2.38. The van der Waals surface area contributed by atoms with Crippen LogP contribution in [0.4, 0.5) is 0 Å². The number of hydrogen-bond donors (Lipinski definition) is 1. The quantitative estimate of drug-likeness (QED) is 0.298. The van der Waals surface area contributed by atoms with E-state index in [2.05, 4.69) is 9.80 Å². The maximum Gasteiger partial charge on any atom is 0.331 e. The van der Waals surface area contributed by atoms with E-state index in [-0.39, 0.29) is 6.10 Å². The van der Waals surface area contributed by atoms with Gasteiger partial charge in [0, 0.05) is 44.9 Å². The second-order valence-corrected chi connectivity index (χ2v) is 7.28. The van der Waals surface area contributed by atoms with Crippen molar-refractivity contribution in [3.05, 3.63) is 12.2 Å². The molecule has 0 radical (unpaired) electrons. The fourth-order valence-corrected chi connectivity index (χ4v) is 3.47. The van der Waals surface area contributed by atoms with Crippen molar-refractivity contribution in [3.63, 3.8) is 0 Å². The fourth-order valence-electron chi connectivity index (χ4n) is 3.47. The van der Waals surface area contributed by atoms with Gasteiger partial charge in [0.15, 0.2) is 0 Å². The molecule has 2 aliphatic rings. The Labute approximate surface area is 167 Å². The Morgan fingerprint density at radius 3 is 2.07 bits per heavy atom. The van der Waals surface area contributed by atoms with Gasteiger partial charge >= 0.3 is 11.9 Å². The van der Waals surface area contributed by atoms with Crippen LogP contribution >= 0.6 is 0 Å². The Kier molecular flexibility index (Phi) is 11.1. The highest BCUT2D eigenvalue weighted by atomic mass is 16.5. The van der Waals surface area contributed by atoms with E-state index in [1.54, 1.807) is 0 Å². The van der Waals surface area contributed by atoms with Crippen molar-refractivity contribution in [1.29, 1.82) is 0 Å². The molecule has 8 heteroatoms. The van der Waals surface area contributed by atoms with Gasteiger partial charge in [0.25, 0.3) is 0 Å². The number of morpholine rings is 2. The molecule has 2 aliphatic heterocycles. The molecule has 2 heterocycles. The van der Waals surface area contributed by atoms with E-state index < -0.39 is 11.9 Å². The summed E-state index contributed by atoms with van der Waals surface area (Å²) < 4.78 is 16.2. The van der Waals surface area contributed by atoms with Crippen LogP contribution in [-0.2, 0) is 23.8 Å². The number of carboxylic acids is 1. The Hall–Kier alpha value is -1.48. The van der Waals surface area contributed by atoms with Crippen LogP contribution in [0.15, 0.2) is 12.2 Å². The molecule has 2 rings (SSSR count). The van der Waals surface area contributed by atoms with E-state index in [9.17, 15) is 9.59 Å². The first kappa shape index (κ1) is 22.8. The first-order chi connectivity index (χ1) is 13.6. The summed E-state index contributed by atoms with van der Waals surface area (Å²) in [5, 5.41) is 8.65. The van der Waals surface area contributed by atoms with Gasteiger partial charge in [-0.25, -0.2) is 9.59 Å². The highest BCUT2D eigenvalue weighted by Crippen LogP contribution is 2.13. The van der Waals surface area contributed by atoms with E-state index in [0.717, 1.165) is 110 Å². The van der Waals surface area contributed by atoms with Crippen LogP contribution in [0.5, 0.6) is 0 Å². The Bertz CT molecular complexity index is 487. The van der Waals surface area contributed by atoms with Crippen molar-refractivity contribution in [2.45, 2.75) is 38.2 Å². The van der Waals surface area contributed by atoms with Crippen molar-refractivity contribution >= 4 is 11.9 Å². The zero-order valence-corrected chi connectivity index (χ0v) is 16.7. The summed E-state index contributed by atoms with van der Waals surface area (Å²) in [6, 6.07) is 0. The number of unbranched alkanes of at least 4 members (excludes halogenated alkanes) is 2. The predicted octanol–water partition coefficient (Wildman–Crippen LogP) is 1.15. The molecule has 1 unspecified atom stereocenters. The lowest BCUT2D eigenvalue weighted by Gasteiger charge is -2.28. The van der Waals surface area contributed by atoms with Gasteiger partial charge in [-0.2, -0.15) is 0 Å². The third kappa shape index (κ3) is 10.2. The molecule has 0 aromatic carbocycles. The number of carbonyl (C=O) groups excluding carboxylic acids is 1. The number of rotatable bonds is 12. The summed E-state index contributed by atoms with van der Waals surface area (Å²) in [4.78, 5) is 27.2. The number of carbonyl (C=O) groups is 2. The molecule has 0 aromatic heterocycles. The maximum atomic E-state index is 11.9. The molecule has 160 valence electrons. The van der Waals surface area contributed by atoms with Crippen LogP contribution in [0.3, 0.4) is 0 Å². The van der Waals surface area contributed by atoms with Crippen molar-refractivity contribution < 1.29 is 28.9 Å². The van der Waals surface area contributed by atoms with Gasteiger partial charge in [0.1, 0.15) is 6.10 Å². The lowest BCUT2D eigenvalue weighted by molar-refractivity contribution is -0.144. The molecule has 0 aromatic rings. The zero-order valence-electron chi connectivity index (χ0n) is 16.7. The van der Waals surface area contributed by atoms with Gasteiger partial charge in [0.2, 0.25) is 0 Å². The number of esters is 1. The van der Waals surface area contributed by atoms with Crippen LogP contribution in [0.1, 0.15) is 32.1 Å². The molecule has 0 bridgehead atoms. The Morgan fingerprint density at radius 2 is 1.46 bits per heavy atom. The van der Waals surface area contributed by atoms with E-state index in [4.69, 9.17) is 19.3 Å². The van der Waals surface area contributed by atoms with Crippen LogP contribution in [0.2, 0.25) is 0 Å². The predicted molar refractivity (Wildman–Crippen MR) is 104 cm³/mol. The third-order valence-corrected chi connectivity index (χ3v) is 5.12. The summed E-state index contributed by atoms with van der Waals surface area (Å²) in [6.07, 6.45) is 6.41. The second kappa shape index (κ2) is 13.7. The van der Waals surface area contributed by atoms with Gasteiger partial charge in [-0.3, -0.25) is 9.80 Å². The van der Waals surface area contributed by atoms with Crippen molar-refractivity contribution in [3.8, 4) is 0 Å². The Morgan fingerprint density at radius 1 is 0.857 bits per heavy atom. The number of hydrogen-bond acceptors (Lipinski definition) is 7. The number of nitrogens with zero attached hydrogens (tertiary/aromatic N) is 2. The van der Waals surface area contributed by atoms with E-state index in [1.165, 1.54) is 0 Å². The number of aliphatic carboxylic acids is 1. The topological polar surface area (TPSA) is 88.5 Å². The molecular weight excluding hydrogens is 364 g/mol. The summed E-state index contributed by atoms with van der Waals surface area (Å²) >= 11 is 0. The summed E-state index contributed by atoms with van der Waals surface area (Å²) in [7, 11) is 0. The van der Waals surface area contributed by atoms with Crippen molar-refractivity contribution in [1.82, 2.24) is 9.80 Å². The largest absolute Gasteiger partial charge is 0.478 e. The zero-order chi connectivity index (χ0) is 20.0. The molecular formula is C20H34N2O6. The highest BCUT2D eigenvalue weighted by Gasteiger charge is 2.17. The normalized spacial score (nSPS) is 20.3. The van der Waals surface area contributed by atoms with Crippen LogP contribution in [0, 0.1) is 0 Å². The van der Waals surface area contributed by atoms with Crippen LogP contribution in [0.25, 0.3) is 0 Å². The van der Waals surface area contributed by atoms with Gasteiger partial charge in [-0.1, -0.05) is 6.42 Å². The second-order valence-electron chi connectivity index (χ2n) is 7.28. The van der Waals surface area contributed by atoms with Gasteiger partial charge < -0.3 is 19.3 Å².